The number of benzene rings is 2. The minimum absolute atomic E-state index is 0.00312. The lowest BCUT2D eigenvalue weighted by molar-refractivity contribution is -0.160. The van der Waals surface area contributed by atoms with Gasteiger partial charge in [-0.3, -0.25) is 9.36 Å². The summed E-state index contributed by atoms with van der Waals surface area (Å²) in [6.45, 7) is 3.01. The third kappa shape index (κ3) is 5.27. The fourth-order valence-corrected chi connectivity index (χ4v) is 5.49. The molecule has 1 aliphatic heterocycles. The van der Waals surface area contributed by atoms with Crippen molar-refractivity contribution in [2.24, 2.45) is 18.9 Å². The number of carboxylic acid groups (broad SMARTS) is 1. The van der Waals surface area contributed by atoms with Gasteiger partial charge in [-0.2, -0.15) is 13.2 Å². The predicted molar refractivity (Wildman–Crippen MR) is 141 cm³/mol. The number of alkyl carbamates (subject to hydrolysis) is 1. The van der Waals surface area contributed by atoms with Crippen molar-refractivity contribution in [3.63, 3.8) is 0 Å². The molecule has 1 aliphatic carbocycles. The molecular formula is C27H28F3N5O5. The van der Waals surface area contributed by atoms with Gasteiger partial charge in [-0.25, -0.2) is 14.6 Å². The number of carbonyl (C=O) groups is 2. The van der Waals surface area contributed by atoms with Crippen molar-refractivity contribution >= 4 is 34.6 Å². The van der Waals surface area contributed by atoms with E-state index in [0.717, 1.165) is 11.1 Å². The summed E-state index contributed by atoms with van der Waals surface area (Å²) in [5.41, 5.74) is 2.39. The van der Waals surface area contributed by atoms with E-state index in [9.17, 15) is 32.7 Å². The molecule has 3 aromatic rings. The number of aromatic carboxylic acids is 1. The first-order chi connectivity index (χ1) is 18.8. The Morgan fingerprint density at radius 1 is 1.20 bits per heavy atom. The molecule has 3 atom stereocenters. The van der Waals surface area contributed by atoms with E-state index in [2.05, 4.69) is 15.4 Å². The highest BCUT2D eigenvalue weighted by molar-refractivity contribution is 5.94. The van der Waals surface area contributed by atoms with Gasteiger partial charge < -0.3 is 25.4 Å². The van der Waals surface area contributed by atoms with Crippen molar-refractivity contribution in [2.45, 2.75) is 32.1 Å². The first-order valence-corrected chi connectivity index (χ1v) is 12.7. The number of carbonyl (C=O) groups excluding carboxylic acids is 1. The number of nitrogens with zero attached hydrogens (tertiary/aromatic N) is 3. The van der Waals surface area contributed by atoms with Crippen LogP contribution in [0.15, 0.2) is 41.2 Å². The Morgan fingerprint density at radius 3 is 2.52 bits per heavy atom. The Balaban J connectivity index is 1.38. The van der Waals surface area contributed by atoms with E-state index in [4.69, 9.17) is 4.98 Å². The van der Waals surface area contributed by atoms with E-state index in [1.807, 2.05) is 24.8 Å². The summed E-state index contributed by atoms with van der Waals surface area (Å²) in [7, 11) is 1.63. The Morgan fingerprint density at radius 2 is 1.88 bits per heavy atom. The molecule has 2 aromatic carbocycles. The fourth-order valence-electron chi connectivity index (χ4n) is 5.49. The standard InChI is InChI=1S/C27H28F3N5O5/c1-13-8-16(14(2)31-20-7-5-4-6-15(20)24(37)38)21-17(9-13)23(36)34(3)25(32-21)35-10-18-19(11-35)22(18)33-26(39)40-12-27(28,29)30/h4-9,14,18-19,22,31H,10-12H2,1-3H3,(H,33,39)(H,37,38). The van der Waals surface area contributed by atoms with Crippen LogP contribution in [0.3, 0.4) is 0 Å². The molecule has 2 fully saturated rings. The van der Waals surface area contributed by atoms with E-state index in [0.29, 0.717) is 35.6 Å². The fraction of sp³-hybridized carbons (Fsp3) is 0.407. The Hall–Kier alpha value is -4.29. The van der Waals surface area contributed by atoms with E-state index >= 15 is 0 Å². The number of aromatic nitrogens is 2. The van der Waals surface area contributed by atoms with Gasteiger partial charge >= 0.3 is 18.2 Å². The molecule has 13 heteroatoms. The van der Waals surface area contributed by atoms with Crippen LogP contribution in [-0.2, 0) is 11.8 Å². The van der Waals surface area contributed by atoms with Crippen LogP contribution in [0.4, 0.5) is 29.6 Å². The molecule has 3 N–H and O–H groups in total. The summed E-state index contributed by atoms with van der Waals surface area (Å²) in [4.78, 5) is 43.7. The maximum atomic E-state index is 13.4. The molecule has 0 spiro atoms. The number of hydrogen-bond donors (Lipinski definition) is 3. The average molecular weight is 560 g/mol. The van der Waals surface area contributed by atoms with Gasteiger partial charge in [0.15, 0.2) is 6.61 Å². The number of halogens is 3. The Labute approximate surface area is 226 Å². The highest BCUT2D eigenvalue weighted by atomic mass is 19.4. The van der Waals surface area contributed by atoms with Crippen LogP contribution in [0.1, 0.15) is 34.5 Å². The smallest absolute Gasteiger partial charge is 0.422 e. The largest absolute Gasteiger partial charge is 0.478 e. The van der Waals surface area contributed by atoms with Crippen molar-refractivity contribution < 1.29 is 32.6 Å². The van der Waals surface area contributed by atoms with Crippen LogP contribution in [-0.4, -0.2) is 58.6 Å². The minimum atomic E-state index is -4.59. The van der Waals surface area contributed by atoms with E-state index in [-0.39, 0.29) is 29.0 Å². The number of alkyl halides is 3. The Kier molecular flexibility index (Phi) is 6.84. The number of fused-ring (bicyclic) bond motifs is 2. The number of amides is 1. The van der Waals surface area contributed by atoms with Crippen molar-refractivity contribution in [1.29, 1.82) is 0 Å². The van der Waals surface area contributed by atoms with Gasteiger partial charge in [0.2, 0.25) is 5.95 Å². The summed E-state index contributed by atoms with van der Waals surface area (Å²) in [5, 5.41) is 15.7. The van der Waals surface area contributed by atoms with Crippen LogP contribution in [0.5, 0.6) is 0 Å². The molecule has 5 rings (SSSR count). The predicted octanol–water partition coefficient (Wildman–Crippen LogP) is 3.84. The topological polar surface area (TPSA) is 126 Å². The van der Waals surface area contributed by atoms with Gasteiger partial charge in [0, 0.05) is 49.3 Å². The first kappa shape index (κ1) is 27.3. The maximum absolute atomic E-state index is 13.4. The lowest BCUT2D eigenvalue weighted by Gasteiger charge is -2.25. The molecule has 2 aliphatic rings. The molecule has 1 aromatic heterocycles. The zero-order valence-corrected chi connectivity index (χ0v) is 22.0. The number of aryl methyl sites for hydroxylation is 1. The zero-order chi connectivity index (χ0) is 28.9. The van der Waals surface area contributed by atoms with Crippen molar-refractivity contribution in [2.75, 3.05) is 29.9 Å². The summed E-state index contributed by atoms with van der Waals surface area (Å²) < 4.78 is 42.6. The quantitative estimate of drug-likeness (QED) is 0.399. The summed E-state index contributed by atoms with van der Waals surface area (Å²) in [6, 6.07) is 9.55. The van der Waals surface area contributed by atoms with E-state index < -0.39 is 30.9 Å². The third-order valence-corrected chi connectivity index (χ3v) is 7.45. The molecule has 1 amide bonds. The number of ether oxygens (including phenoxy) is 1. The molecule has 1 saturated carbocycles. The SMILES string of the molecule is Cc1cc(C(C)Nc2ccccc2C(=O)O)c2nc(N3CC4C(C3)C4NC(=O)OCC(F)(F)F)n(C)c(=O)c2c1. The molecule has 3 unspecified atom stereocenters. The monoisotopic (exact) mass is 559 g/mol. The first-order valence-electron chi connectivity index (χ1n) is 12.7. The second kappa shape index (κ2) is 10.0. The zero-order valence-electron chi connectivity index (χ0n) is 22.0. The molecule has 1 saturated heterocycles. The van der Waals surface area contributed by atoms with Crippen molar-refractivity contribution in [3.05, 3.63) is 63.4 Å². The highest BCUT2D eigenvalue weighted by Crippen LogP contribution is 2.46. The second-order valence-electron chi connectivity index (χ2n) is 10.3. The lowest BCUT2D eigenvalue weighted by Crippen LogP contribution is -2.38. The molecule has 0 radical (unpaired) electrons. The third-order valence-electron chi connectivity index (χ3n) is 7.45. The van der Waals surface area contributed by atoms with Crippen LogP contribution in [0.2, 0.25) is 0 Å². The lowest BCUT2D eigenvalue weighted by atomic mass is 10.0. The van der Waals surface area contributed by atoms with Gasteiger partial charge in [-0.1, -0.05) is 18.2 Å². The van der Waals surface area contributed by atoms with Gasteiger partial charge in [0.05, 0.1) is 22.5 Å². The molecule has 2 heterocycles. The van der Waals surface area contributed by atoms with E-state index in [1.165, 1.54) is 10.6 Å². The van der Waals surface area contributed by atoms with E-state index in [1.54, 1.807) is 31.3 Å². The molecular weight excluding hydrogens is 531 g/mol. The van der Waals surface area contributed by atoms with Gasteiger partial charge in [0.1, 0.15) is 0 Å². The van der Waals surface area contributed by atoms with Crippen molar-refractivity contribution in [3.8, 4) is 0 Å². The van der Waals surface area contributed by atoms with Gasteiger partial charge in [0.25, 0.3) is 5.56 Å². The number of hydrogen-bond acceptors (Lipinski definition) is 7. The summed E-state index contributed by atoms with van der Waals surface area (Å²) in [5.74, 6) is -0.632. The molecule has 212 valence electrons. The number of nitrogens with one attached hydrogen (secondary N) is 2. The highest BCUT2D eigenvalue weighted by Gasteiger charge is 2.57. The molecule has 0 bridgehead atoms. The number of anilines is 2. The molecule has 40 heavy (non-hydrogen) atoms. The summed E-state index contributed by atoms with van der Waals surface area (Å²) >= 11 is 0. The number of rotatable bonds is 7. The molecule has 10 nitrogen and oxygen atoms in total. The van der Waals surface area contributed by atoms with Crippen LogP contribution in [0.25, 0.3) is 10.9 Å². The van der Waals surface area contributed by atoms with Crippen LogP contribution >= 0.6 is 0 Å². The second-order valence-corrected chi connectivity index (χ2v) is 10.3. The average Bonchev–Trinajstić information content (AvgIpc) is 3.30. The number of piperidine rings is 1. The normalized spacial score (nSPS) is 20.6. The van der Waals surface area contributed by atoms with Crippen LogP contribution in [0, 0.1) is 18.8 Å². The Bertz CT molecular complexity index is 1540. The van der Waals surface area contributed by atoms with Gasteiger partial charge in [-0.15, -0.1) is 0 Å². The summed E-state index contributed by atoms with van der Waals surface area (Å²) in [6.07, 6.45) is -5.70. The van der Waals surface area contributed by atoms with Crippen LogP contribution < -0.4 is 21.1 Å². The maximum Gasteiger partial charge on any atom is 0.422 e. The minimum Gasteiger partial charge on any atom is -0.478 e. The number of para-hydroxylation sites is 1. The van der Waals surface area contributed by atoms with Crippen molar-refractivity contribution in [1.82, 2.24) is 14.9 Å². The number of carboxylic acids is 1. The van der Waals surface area contributed by atoms with Gasteiger partial charge in [-0.05, 0) is 37.6 Å².